The summed E-state index contributed by atoms with van der Waals surface area (Å²) in [5.41, 5.74) is 15.8. The molecule has 0 amide bonds. The Kier molecular flexibility index (Phi) is 5.46. The van der Waals surface area contributed by atoms with Gasteiger partial charge in [0.05, 0.1) is 18.8 Å². The van der Waals surface area contributed by atoms with Crippen molar-refractivity contribution < 1.29 is 4.74 Å². The van der Waals surface area contributed by atoms with E-state index < -0.39 is 0 Å². The van der Waals surface area contributed by atoms with Gasteiger partial charge >= 0.3 is 0 Å². The summed E-state index contributed by atoms with van der Waals surface area (Å²) in [7, 11) is 0. The first-order valence-electron chi connectivity index (χ1n) is 6.04. The average Bonchev–Trinajstić information content (AvgIpc) is 2.30. The molecule has 0 saturated carbocycles. The fourth-order valence-electron chi connectivity index (χ4n) is 1.74. The molecule has 0 spiro atoms. The number of nitrogen functional groups attached to an aromatic ring is 1. The van der Waals surface area contributed by atoms with E-state index in [1.54, 1.807) is 0 Å². The predicted octanol–water partition coefficient (Wildman–Crippen LogP) is 3.33. The van der Waals surface area contributed by atoms with E-state index >= 15 is 0 Å². The Morgan fingerprint density at radius 1 is 1.41 bits per heavy atom. The van der Waals surface area contributed by atoms with Crippen molar-refractivity contribution >= 4 is 5.69 Å². The van der Waals surface area contributed by atoms with Crippen LogP contribution in [0.2, 0.25) is 0 Å². The van der Waals surface area contributed by atoms with Gasteiger partial charge in [0, 0.05) is 6.42 Å². The monoisotopic (exact) mass is 235 g/mol. The van der Waals surface area contributed by atoms with Gasteiger partial charge in [-0.25, -0.2) is 5.53 Å². The maximum atomic E-state index is 6.69. The number of hydrogen-bond donors (Lipinski definition) is 2. The molecule has 1 aromatic rings. The van der Waals surface area contributed by atoms with Crippen LogP contribution >= 0.6 is 0 Å². The number of rotatable bonds is 7. The van der Waals surface area contributed by atoms with E-state index in [0.717, 1.165) is 25.0 Å². The van der Waals surface area contributed by atoms with Gasteiger partial charge < -0.3 is 10.5 Å². The number of nitrogens with one attached hydrogen (secondary N) is 1. The Labute approximate surface area is 103 Å². The SMILES string of the molecule is CCCc1cc(OCCCN=N)c(N)cc1C. The zero-order valence-electron chi connectivity index (χ0n) is 10.6. The topological polar surface area (TPSA) is 71.5 Å². The number of aryl methyl sites for hydroxylation is 2. The maximum Gasteiger partial charge on any atom is 0.142 e. The summed E-state index contributed by atoms with van der Waals surface area (Å²) in [6.45, 7) is 5.30. The van der Waals surface area contributed by atoms with Crippen LogP contribution in [0.4, 0.5) is 5.69 Å². The van der Waals surface area contributed by atoms with Crippen LogP contribution in [0.25, 0.3) is 0 Å². The number of nitrogens with two attached hydrogens (primary N) is 1. The predicted molar refractivity (Wildman–Crippen MR) is 69.7 cm³/mol. The molecule has 4 heteroatoms. The second-order valence-electron chi connectivity index (χ2n) is 4.15. The van der Waals surface area contributed by atoms with Gasteiger partial charge in [0.15, 0.2) is 0 Å². The van der Waals surface area contributed by atoms with E-state index in [1.807, 2.05) is 12.1 Å². The highest BCUT2D eigenvalue weighted by atomic mass is 16.5. The molecular formula is C13H21N3O. The van der Waals surface area contributed by atoms with Gasteiger partial charge in [-0.1, -0.05) is 13.3 Å². The van der Waals surface area contributed by atoms with Crippen LogP contribution in [0.1, 0.15) is 30.9 Å². The fourth-order valence-corrected chi connectivity index (χ4v) is 1.74. The number of anilines is 1. The van der Waals surface area contributed by atoms with Crippen molar-refractivity contribution in [2.75, 3.05) is 18.9 Å². The molecule has 0 aliphatic rings. The number of nitrogens with zero attached hydrogens (tertiary/aromatic N) is 1. The van der Waals surface area contributed by atoms with E-state index in [0.29, 0.717) is 18.8 Å². The van der Waals surface area contributed by atoms with Gasteiger partial charge in [-0.2, -0.15) is 5.11 Å². The lowest BCUT2D eigenvalue weighted by Gasteiger charge is -2.12. The highest BCUT2D eigenvalue weighted by molar-refractivity contribution is 5.56. The third kappa shape index (κ3) is 4.06. The first-order chi connectivity index (χ1) is 8.19. The lowest BCUT2D eigenvalue weighted by molar-refractivity contribution is 0.313. The molecule has 0 heterocycles. The Balaban J connectivity index is 2.69. The largest absolute Gasteiger partial charge is 0.491 e. The number of hydrogen-bond acceptors (Lipinski definition) is 4. The van der Waals surface area contributed by atoms with Gasteiger partial charge in [0.1, 0.15) is 5.75 Å². The molecule has 0 bridgehead atoms. The summed E-state index contributed by atoms with van der Waals surface area (Å²) < 4.78 is 5.61. The standard InChI is InChI=1S/C13H21N3O/c1-3-5-11-9-13(12(14)8-10(11)2)17-7-4-6-16-15/h8-9,15H,3-7,14H2,1-2H3. The van der Waals surface area contributed by atoms with Crippen LogP contribution in [0, 0.1) is 12.5 Å². The molecule has 94 valence electrons. The Bertz CT molecular complexity index is 377. The van der Waals surface area contributed by atoms with Crippen LogP contribution in [0.3, 0.4) is 0 Å². The van der Waals surface area contributed by atoms with Crippen LogP contribution in [0.15, 0.2) is 17.2 Å². The zero-order valence-corrected chi connectivity index (χ0v) is 10.6. The van der Waals surface area contributed by atoms with Crippen LogP contribution in [0.5, 0.6) is 5.75 Å². The minimum atomic E-state index is 0.508. The molecule has 3 N–H and O–H groups in total. The Morgan fingerprint density at radius 2 is 2.18 bits per heavy atom. The summed E-state index contributed by atoms with van der Waals surface area (Å²) in [5, 5.41) is 3.29. The quantitative estimate of drug-likeness (QED) is 0.432. The van der Waals surface area contributed by atoms with Crippen molar-refractivity contribution in [2.45, 2.75) is 33.1 Å². The molecule has 0 fully saturated rings. The van der Waals surface area contributed by atoms with Crippen LogP contribution < -0.4 is 10.5 Å². The zero-order chi connectivity index (χ0) is 12.7. The van der Waals surface area contributed by atoms with Gasteiger partial charge in [0.2, 0.25) is 0 Å². The van der Waals surface area contributed by atoms with Crippen molar-refractivity contribution in [3.05, 3.63) is 23.3 Å². The summed E-state index contributed by atoms with van der Waals surface area (Å²) in [4.78, 5) is 0. The van der Waals surface area contributed by atoms with E-state index in [4.69, 9.17) is 16.0 Å². The third-order valence-electron chi connectivity index (χ3n) is 2.66. The first-order valence-corrected chi connectivity index (χ1v) is 6.04. The van der Waals surface area contributed by atoms with Crippen molar-refractivity contribution in [1.82, 2.24) is 0 Å². The van der Waals surface area contributed by atoms with E-state index in [2.05, 4.69) is 19.0 Å². The molecule has 0 aliphatic heterocycles. The summed E-state index contributed by atoms with van der Waals surface area (Å²) in [6, 6.07) is 4.00. The molecule has 0 aliphatic carbocycles. The molecule has 0 radical (unpaired) electrons. The van der Waals surface area contributed by atoms with Crippen LogP contribution in [-0.4, -0.2) is 13.2 Å². The lowest BCUT2D eigenvalue weighted by Crippen LogP contribution is -2.03. The second kappa shape index (κ2) is 6.89. The molecule has 0 unspecified atom stereocenters. The lowest BCUT2D eigenvalue weighted by atomic mass is 10.0. The number of ether oxygens (including phenoxy) is 1. The van der Waals surface area contributed by atoms with E-state index in [9.17, 15) is 0 Å². The van der Waals surface area contributed by atoms with Gasteiger partial charge in [0.25, 0.3) is 0 Å². The molecule has 1 rings (SSSR count). The molecule has 0 aromatic heterocycles. The maximum absolute atomic E-state index is 6.69. The molecular weight excluding hydrogens is 214 g/mol. The molecule has 0 atom stereocenters. The molecule has 0 saturated heterocycles. The van der Waals surface area contributed by atoms with Crippen molar-refractivity contribution in [3.8, 4) is 5.75 Å². The second-order valence-corrected chi connectivity index (χ2v) is 4.15. The smallest absolute Gasteiger partial charge is 0.142 e. The minimum Gasteiger partial charge on any atom is -0.491 e. The van der Waals surface area contributed by atoms with Gasteiger partial charge in [-0.05, 0) is 36.6 Å². The average molecular weight is 235 g/mol. The minimum absolute atomic E-state index is 0.508. The summed E-state index contributed by atoms with van der Waals surface area (Å²) in [5.74, 6) is 0.754. The van der Waals surface area contributed by atoms with Crippen molar-refractivity contribution in [2.24, 2.45) is 5.11 Å². The van der Waals surface area contributed by atoms with Crippen molar-refractivity contribution in [3.63, 3.8) is 0 Å². The Hall–Kier alpha value is -1.58. The third-order valence-corrected chi connectivity index (χ3v) is 2.66. The normalized spacial score (nSPS) is 10.2. The van der Waals surface area contributed by atoms with E-state index in [-0.39, 0.29) is 0 Å². The Morgan fingerprint density at radius 3 is 2.82 bits per heavy atom. The van der Waals surface area contributed by atoms with E-state index in [1.165, 1.54) is 11.1 Å². The first kappa shape index (κ1) is 13.5. The highest BCUT2D eigenvalue weighted by Gasteiger charge is 2.05. The summed E-state index contributed by atoms with van der Waals surface area (Å²) >= 11 is 0. The fraction of sp³-hybridized carbons (Fsp3) is 0.538. The molecule has 1 aromatic carbocycles. The van der Waals surface area contributed by atoms with Crippen LogP contribution in [-0.2, 0) is 6.42 Å². The van der Waals surface area contributed by atoms with Gasteiger partial charge in [-0.3, -0.25) is 0 Å². The van der Waals surface area contributed by atoms with Gasteiger partial charge in [-0.15, -0.1) is 0 Å². The summed E-state index contributed by atoms with van der Waals surface area (Å²) in [6.07, 6.45) is 2.91. The molecule has 17 heavy (non-hydrogen) atoms. The molecule has 4 nitrogen and oxygen atoms in total. The van der Waals surface area contributed by atoms with Crippen molar-refractivity contribution in [1.29, 1.82) is 5.53 Å². The number of benzene rings is 1. The highest BCUT2D eigenvalue weighted by Crippen LogP contribution is 2.26.